The molecule has 0 radical (unpaired) electrons. The normalized spacial score (nSPS) is 24.9. The van der Waals surface area contributed by atoms with Gasteiger partial charge in [-0.1, -0.05) is 6.07 Å². The minimum Gasteiger partial charge on any atom is -0.396 e. The Kier molecular flexibility index (Phi) is 4.42. The lowest BCUT2D eigenvalue weighted by atomic mass is 10.1. The molecule has 2 fully saturated rings. The molecular weight excluding hydrogens is 349 g/mol. The van der Waals surface area contributed by atoms with Crippen molar-refractivity contribution >= 4 is 27.1 Å². The monoisotopic (exact) mass is 370 g/mol. The number of anilines is 1. The van der Waals surface area contributed by atoms with Crippen molar-refractivity contribution in [2.45, 2.75) is 12.6 Å². The van der Waals surface area contributed by atoms with Gasteiger partial charge >= 0.3 is 6.18 Å². The van der Waals surface area contributed by atoms with Crippen LogP contribution in [0.25, 0.3) is 10.1 Å². The van der Waals surface area contributed by atoms with E-state index in [1.807, 2.05) is 5.38 Å². The van der Waals surface area contributed by atoms with Gasteiger partial charge in [-0.15, -0.1) is 11.3 Å². The second-order valence-corrected chi connectivity index (χ2v) is 7.97. The van der Waals surface area contributed by atoms with Crippen molar-refractivity contribution in [2.75, 3.05) is 44.2 Å². The summed E-state index contributed by atoms with van der Waals surface area (Å²) in [4.78, 5) is 4.71. The van der Waals surface area contributed by atoms with Crippen LogP contribution in [-0.4, -0.2) is 49.3 Å². The van der Waals surface area contributed by atoms with E-state index in [-0.39, 0.29) is 0 Å². The fraction of sp³-hybridized carbons (Fsp3) is 0.556. The van der Waals surface area contributed by atoms with E-state index in [1.165, 1.54) is 23.5 Å². The second-order valence-electron chi connectivity index (χ2n) is 7.06. The lowest BCUT2D eigenvalue weighted by molar-refractivity contribution is -0.137. The molecule has 2 atom stereocenters. The third-order valence-corrected chi connectivity index (χ3v) is 6.32. The first kappa shape index (κ1) is 17.1. The highest BCUT2D eigenvalue weighted by Crippen LogP contribution is 2.40. The highest BCUT2D eigenvalue weighted by atomic mass is 32.1. The van der Waals surface area contributed by atoms with Crippen LogP contribution in [0, 0.1) is 11.8 Å². The summed E-state index contributed by atoms with van der Waals surface area (Å²) in [5.41, 5.74) is 0.467. The summed E-state index contributed by atoms with van der Waals surface area (Å²) in [6.07, 6.45) is -3.16. The number of halogens is 3. The van der Waals surface area contributed by atoms with Gasteiger partial charge in [0.05, 0.1) is 11.3 Å². The fourth-order valence-electron chi connectivity index (χ4n) is 3.70. The SMILES string of the molecule is OC[C@@H]1C[C@H]1CN1CCN(c2csc3cc(C(F)(F)F)ccc23)CC1. The molecule has 1 aliphatic heterocycles. The van der Waals surface area contributed by atoms with Crippen LogP contribution in [0.5, 0.6) is 0 Å². The predicted octanol–water partition coefficient (Wildman–Crippen LogP) is 3.67. The first-order valence-corrected chi connectivity index (χ1v) is 9.50. The first-order chi connectivity index (χ1) is 12.0. The Morgan fingerprint density at radius 2 is 1.88 bits per heavy atom. The number of nitrogens with zero attached hydrogens (tertiary/aromatic N) is 2. The van der Waals surface area contributed by atoms with Gasteiger partial charge in [-0.25, -0.2) is 0 Å². The molecule has 1 aliphatic carbocycles. The number of hydrogen-bond acceptors (Lipinski definition) is 4. The van der Waals surface area contributed by atoms with Gasteiger partial charge in [0.15, 0.2) is 0 Å². The largest absolute Gasteiger partial charge is 0.416 e. The maximum atomic E-state index is 12.9. The van der Waals surface area contributed by atoms with Crippen molar-refractivity contribution in [3.63, 3.8) is 0 Å². The predicted molar refractivity (Wildman–Crippen MR) is 94.2 cm³/mol. The summed E-state index contributed by atoms with van der Waals surface area (Å²) in [5.74, 6) is 1.13. The average molecular weight is 370 g/mol. The molecule has 0 bridgehead atoms. The maximum Gasteiger partial charge on any atom is 0.416 e. The smallest absolute Gasteiger partial charge is 0.396 e. The van der Waals surface area contributed by atoms with E-state index in [2.05, 4.69) is 9.80 Å². The van der Waals surface area contributed by atoms with Gasteiger partial charge in [0.1, 0.15) is 0 Å². The molecule has 25 heavy (non-hydrogen) atoms. The third kappa shape index (κ3) is 3.50. The Morgan fingerprint density at radius 3 is 2.52 bits per heavy atom. The number of aliphatic hydroxyl groups excluding tert-OH is 1. The standard InChI is InChI=1S/C18H21F3N2OS/c19-18(20,21)14-1-2-15-16(11-25-17(15)8-14)23-5-3-22(4-6-23)9-12-7-13(12)10-24/h1-2,8,11-13,24H,3-7,9-10H2/t12-,13-/m0/s1. The molecule has 1 aromatic carbocycles. The van der Waals surface area contributed by atoms with E-state index in [0.29, 0.717) is 23.1 Å². The van der Waals surface area contributed by atoms with E-state index in [0.717, 1.165) is 50.2 Å². The highest BCUT2D eigenvalue weighted by molar-refractivity contribution is 7.17. The summed E-state index contributed by atoms with van der Waals surface area (Å²) in [6.45, 7) is 5.07. The van der Waals surface area contributed by atoms with Crippen LogP contribution in [0.3, 0.4) is 0 Å². The van der Waals surface area contributed by atoms with Crippen molar-refractivity contribution < 1.29 is 18.3 Å². The van der Waals surface area contributed by atoms with E-state index in [1.54, 1.807) is 6.07 Å². The second kappa shape index (κ2) is 6.45. The number of thiophene rings is 1. The van der Waals surface area contributed by atoms with Crippen molar-refractivity contribution in [3.8, 4) is 0 Å². The molecule has 0 unspecified atom stereocenters. The van der Waals surface area contributed by atoms with Crippen LogP contribution in [0.4, 0.5) is 18.9 Å². The molecule has 1 saturated carbocycles. The van der Waals surface area contributed by atoms with E-state index in [4.69, 9.17) is 5.11 Å². The molecule has 7 heteroatoms. The zero-order chi connectivity index (χ0) is 17.6. The Hall–Kier alpha value is -1.31. The average Bonchev–Trinajstić information content (AvgIpc) is 3.20. The number of fused-ring (bicyclic) bond motifs is 1. The molecule has 4 rings (SSSR count). The zero-order valence-corrected chi connectivity index (χ0v) is 14.6. The van der Waals surface area contributed by atoms with Gasteiger partial charge in [0.2, 0.25) is 0 Å². The number of rotatable bonds is 4. The topological polar surface area (TPSA) is 26.7 Å². The van der Waals surface area contributed by atoms with Crippen LogP contribution in [0.2, 0.25) is 0 Å². The van der Waals surface area contributed by atoms with Gasteiger partial charge in [0.25, 0.3) is 0 Å². The zero-order valence-electron chi connectivity index (χ0n) is 13.8. The number of benzene rings is 1. The molecule has 0 spiro atoms. The quantitative estimate of drug-likeness (QED) is 0.890. The Morgan fingerprint density at radius 1 is 1.12 bits per heavy atom. The third-order valence-electron chi connectivity index (χ3n) is 5.39. The molecule has 2 aliphatic rings. The lowest BCUT2D eigenvalue weighted by Crippen LogP contribution is -2.47. The van der Waals surface area contributed by atoms with Crippen molar-refractivity contribution in [2.24, 2.45) is 11.8 Å². The summed E-state index contributed by atoms with van der Waals surface area (Å²) in [6, 6.07) is 4.03. The summed E-state index contributed by atoms with van der Waals surface area (Å²) in [5, 5.41) is 12.0. The molecule has 2 heterocycles. The minimum atomic E-state index is -4.29. The molecule has 1 N–H and O–H groups in total. The Labute approximate surface area is 148 Å². The fourth-order valence-corrected chi connectivity index (χ4v) is 4.71. The van der Waals surface area contributed by atoms with Crippen LogP contribution in [0.1, 0.15) is 12.0 Å². The van der Waals surface area contributed by atoms with Crippen LogP contribution >= 0.6 is 11.3 Å². The summed E-state index contributed by atoms with van der Waals surface area (Å²) >= 11 is 1.38. The van der Waals surface area contributed by atoms with Gasteiger partial charge in [-0.3, -0.25) is 4.90 Å². The maximum absolute atomic E-state index is 12.9. The lowest BCUT2D eigenvalue weighted by Gasteiger charge is -2.36. The van der Waals surface area contributed by atoms with Gasteiger partial charge in [0, 0.05) is 54.8 Å². The Bertz CT molecular complexity index is 752. The molecule has 2 aromatic rings. The number of hydrogen-bond donors (Lipinski definition) is 1. The number of piperazine rings is 1. The van der Waals surface area contributed by atoms with E-state index in [9.17, 15) is 13.2 Å². The van der Waals surface area contributed by atoms with Gasteiger partial charge in [-0.2, -0.15) is 13.2 Å². The highest BCUT2D eigenvalue weighted by Gasteiger charge is 2.38. The molecule has 1 saturated heterocycles. The number of alkyl halides is 3. The Balaban J connectivity index is 1.43. The van der Waals surface area contributed by atoms with E-state index >= 15 is 0 Å². The van der Waals surface area contributed by atoms with E-state index < -0.39 is 11.7 Å². The molecule has 136 valence electrons. The first-order valence-electron chi connectivity index (χ1n) is 8.62. The van der Waals surface area contributed by atoms with Crippen molar-refractivity contribution in [1.82, 2.24) is 4.90 Å². The molecular formula is C18H21F3N2OS. The van der Waals surface area contributed by atoms with Crippen LogP contribution in [-0.2, 0) is 6.18 Å². The molecule has 3 nitrogen and oxygen atoms in total. The molecule has 0 amide bonds. The van der Waals surface area contributed by atoms with Gasteiger partial charge < -0.3 is 10.0 Å². The van der Waals surface area contributed by atoms with Crippen LogP contribution < -0.4 is 4.90 Å². The summed E-state index contributed by atoms with van der Waals surface area (Å²) in [7, 11) is 0. The van der Waals surface area contributed by atoms with Gasteiger partial charge in [-0.05, 0) is 30.4 Å². The van der Waals surface area contributed by atoms with Crippen LogP contribution in [0.15, 0.2) is 23.6 Å². The summed E-state index contributed by atoms with van der Waals surface area (Å²) < 4.78 is 39.3. The number of aliphatic hydroxyl groups is 1. The molecule has 1 aromatic heterocycles. The van der Waals surface area contributed by atoms with Crippen molar-refractivity contribution in [1.29, 1.82) is 0 Å². The van der Waals surface area contributed by atoms with Crippen molar-refractivity contribution in [3.05, 3.63) is 29.1 Å². The minimum absolute atomic E-state index is 0.297.